The number of aryl methyl sites for hydroxylation is 1. The van der Waals surface area contributed by atoms with E-state index in [-0.39, 0.29) is 0 Å². The molecule has 1 heterocycles. The van der Waals surface area contributed by atoms with Crippen LogP contribution in [0.4, 0.5) is 0 Å². The molecule has 4 nitrogen and oxygen atoms in total. The lowest BCUT2D eigenvalue weighted by Crippen LogP contribution is -2.22. The molecule has 2 rings (SSSR count). The first-order valence-corrected chi connectivity index (χ1v) is 7.77. The molecule has 0 amide bonds. The van der Waals surface area contributed by atoms with E-state index in [9.17, 15) is 5.26 Å². The van der Waals surface area contributed by atoms with E-state index in [0.717, 1.165) is 36.9 Å². The van der Waals surface area contributed by atoms with Crippen molar-refractivity contribution in [2.24, 2.45) is 11.8 Å². The first kappa shape index (κ1) is 15.5. The third-order valence-corrected chi connectivity index (χ3v) is 4.28. The van der Waals surface area contributed by atoms with Crippen molar-refractivity contribution in [2.45, 2.75) is 46.5 Å². The van der Waals surface area contributed by atoms with Crippen molar-refractivity contribution in [1.82, 2.24) is 10.2 Å². The number of nitriles is 1. The smallest absolute Gasteiger partial charge is 0.251 e. The molecule has 0 fully saturated rings. The second kappa shape index (κ2) is 7.21. The highest BCUT2D eigenvalue weighted by Gasteiger charge is 2.21. The van der Waals surface area contributed by atoms with Gasteiger partial charge in [0.05, 0.1) is 12.3 Å². The maximum absolute atomic E-state index is 9.43. The summed E-state index contributed by atoms with van der Waals surface area (Å²) >= 11 is 0. The molecule has 1 aliphatic rings. The van der Waals surface area contributed by atoms with Gasteiger partial charge in [-0.05, 0) is 43.1 Å². The van der Waals surface area contributed by atoms with Gasteiger partial charge < -0.3 is 4.74 Å². The molecule has 0 radical (unpaired) electrons. The van der Waals surface area contributed by atoms with Gasteiger partial charge in [-0.2, -0.15) is 10.4 Å². The molecule has 0 saturated carbocycles. The van der Waals surface area contributed by atoms with Crippen LogP contribution in [-0.2, 0) is 12.8 Å². The van der Waals surface area contributed by atoms with Gasteiger partial charge in [0, 0.05) is 0 Å². The molecule has 2 unspecified atom stereocenters. The lowest BCUT2D eigenvalue weighted by atomic mass is 9.85. The Bertz CT molecular complexity index is 560. The summed E-state index contributed by atoms with van der Waals surface area (Å²) in [5.41, 5.74) is 2.43. The predicted molar refractivity (Wildman–Crippen MR) is 82.0 cm³/mol. The number of rotatable bonds is 5. The largest absolute Gasteiger partial charge is 0.475 e. The maximum Gasteiger partial charge on any atom is 0.251 e. The van der Waals surface area contributed by atoms with E-state index in [1.807, 2.05) is 13.8 Å². The Balaban J connectivity index is 2.17. The second-order valence-corrected chi connectivity index (χ2v) is 5.62. The average Bonchev–Trinajstić information content (AvgIpc) is 2.52. The minimum Gasteiger partial charge on any atom is -0.475 e. The van der Waals surface area contributed by atoms with Crippen LogP contribution in [0, 0.1) is 23.2 Å². The first-order chi connectivity index (χ1) is 10.2. The molecule has 1 aliphatic carbocycles. The first-order valence-electron chi connectivity index (χ1n) is 7.77. The summed E-state index contributed by atoms with van der Waals surface area (Å²) in [7, 11) is 0. The van der Waals surface area contributed by atoms with Gasteiger partial charge >= 0.3 is 0 Å². The van der Waals surface area contributed by atoms with Crippen molar-refractivity contribution < 1.29 is 4.74 Å². The molecule has 112 valence electrons. The third-order valence-electron chi connectivity index (χ3n) is 4.28. The Labute approximate surface area is 126 Å². The van der Waals surface area contributed by atoms with Crippen LogP contribution in [-0.4, -0.2) is 16.8 Å². The van der Waals surface area contributed by atoms with Crippen molar-refractivity contribution in [3.8, 4) is 11.9 Å². The molecule has 0 bridgehead atoms. The zero-order valence-corrected chi connectivity index (χ0v) is 13.1. The van der Waals surface area contributed by atoms with Gasteiger partial charge in [-0.1, -0.05) is 32.9 Å². The molecular formula is C17H23N3O. The number of hydrogen-bond donors (Lipinski definition) is 0. The van der Waals surface area contributed by atoms with E-state index < -0.39 is 0 Å². The molecule has 0 saturated heterocycles. The predicted octanol–water partition coefficient (Wildman–Crippen LogP) is 3.45. The van der Waals surface area contributed by atoms with Crippen LogP contribution in [0.15, 0.2) is 12.2 Å². The van der Waals surface area contributed by atoms with Gasteiger partial charge in [-0.3, -0.25) is 0 Å². The Morgan fingerprint density at radius 3 is 2.62 bits per heavy atom. The van der Waals surface area contributed by atoms with Crippen molar-refractivity contribution in [1.29, 1.82) is 5.26 Å². The molecule has 0 spiro atoms. The van der Waals surface area contributed by atoms with E-state index in [2.05, 4.69) is 35.3 Å². The number of allylic oxidation sites excluding steroid dienone is 2. The van der Waals surface area contributed by atoms with Gasteiger partial charge in [0.1, 0.15) is 11.6 Å². The van der Waals surface area contributed by atoms with Crippen LogP contribution in [0.25, 0.3) is 0 Å². The van der Waals surface area contributed by atoms with Gasteiger partial charge in [0.25, 0.3) is 5.88 Å². The highest BCUT2D eigenvalue weighted by atomic mass is 16.5. The molecule has 0 N–H and O–H groups in total. The summed E-state index contributed by atoms with van der Waals surface area (Å²) in [6, 6.07) is 2.25. The zero-order chi connectivity index (χ0) is 15.2. The molecule has 21 heavy (non-hydrogen) atoms. The molecule has 4 heteroatoms. The molecule has 0 aliphatic heterocycles. The summed E-state index contributed by atoms with van der Waals surface area (Å²) in [4.78, 5) is 0. The molecular weight excluding hydrogens is 262 g/mol. The van der Waals surface area contributed by atoms with Crippen LogP contribution in [0.3, 0.4) is 0 Å². The van der Waals surface area contributed by atoms with E-state index in [1.54, 1.807) is 0 Å². The molecule has 1 aromatic rings. The van der Waals surface area contributed by atoms with Crippen molar-refractivity contribution >= 4 is 0 Å². The monoisotopic (exact) mass is 285 g/mol. The van der Waals surface area contributed by atoms with Crippen LogP contribution in [0.1, 0.15) is 50.4 Å². The van der Waals surface area contributed by atoms with Crippen LogP contribution < -0.4 is 4.74 Å². The summed E-state index contributed by atoms with van der Waals surface area (Å²) in [6.45, 7) is 6.91. The van der Waals surface area contributed by atoms with Gasteiger partial charge in [0.15, 0.2) is 0 Å². The lowest BCUT2D eigenvalue weighted by Gasteiger charge is -2.25. The normalized spacial score (nSPS) is 21.0. The Morgan fingerprint density at radius 1 is 1.24 bits per heavy atom. The summed E-state index contributed by atoms with van der Waals surface area (Å²) in [5, 5.41) is 17.8. The zero-order valence-electron chi connectivity index (χ0n) is 13.1. The van der Waals surface area contributed by atoms with Crippen molar-refractivity contribution in [2.75, 3.05) is 6.61 Å². The number of hydrogen-bond acceptors (Lipinski definition) is 4. The second-order valence-electron chi connectivity index (χ2n) is 5.62. The standard InChI is InChI=1S/C17H23N3O/c1-4-14-15(10-18)17(20-19-16(14)5-2)21-11-13-9-7-6-8-12(13)3/h6-7,12-13H,4-5,8-9,11H2,1-3H3. The Hall–Kier alpha value is -1.89. The fraction of sp³-hybridized carbons (Fsp3) is 0.588. The molecule has 1 aromatic heterocycles. The fourth-order valence-electron chi connectivity index (χ4n) is 2.80. The van der Waals surface area contributed by atoms with Gasteiger partial charge in [0.2, 0.25) is 0 Å². The summed E-state index contributed by atoms with van der Waals surface area (Å²) < 4.78 is 5.85. The topological polar surface area (TPSA) is 58.8 Å². The van der Waals surface area contributed by atoms with Gasteiger partial charge in [-0.15, -0.1) is 5.10 Å². The maximum atomic E-state index is 9.43. The quantitative estimate of drug-likeness (QED) is 0.777. The molecule has 0 aromatic carbocycles. The van der Waals surface area contributed by atoms with E-state index in [4.69, 9.17) is 4.74 Å². The fourth-order valence-corrected chi connectivity index (χ4v) is 2.80. The summed E-state index contributed by atoms with van der Waals surface area (Å²) in [5.74, 6) is 1.49. The van der Waals surface area contributed by atoms with E-state index >= 15 is 0 Å². The Morgan fingerprint density at radius 2 is 2.00 bits per heavy atom. The van der Waals surface area contributed by atoms with E-state index in [1.165, 1.54) is 0 Å². The van der Waals surface area contributed by atoms with Crippen LogP contribution in [0.2, 0.25) is 0 Å². The SMILES string of the molecule is CCc1nnc(OCC2CC=CCC2C)c(C#N)c1CC. The number of ether oxygens (including phenoxy) is 1. The number of aromatic nitrogens is 2. The summed E-state index contributed by atoms with van der Waals surface area (Å²) in [6.07, 6.45) is 8.13. The minimum absolute atomic E-state index is 0.397. The van der Waals surface area contributed by atoms with Crippen molar-refractivity contribution in [3.05, 3.63) is 29.0 Å². The highest BCUT2D eigenvalue weighted by Crippen LogP contribution is 2.27. The average molecular weight is 285 g/mol. The Kier molecular flexibility index (Phi) is 5.32. The van der Waals surface area contributed by atoms with Crippen LogP contribution >= 0.6 is 0 Å². The van der Waals surface area contributed by atoms with Gasteiger partial charge in [-0.25, -0.2) is 0 Å². The number of nitrogens with zero attached hydrogens (tertiary/aromatic N) is 3. The van der Waals surface area contributed by atoms with Crippen LogP contribution in [0.5, 0.6) is 5.88 Å². The molecule has 2 atom stereocenters. The highest BCUT2D eigenvalue weighted by molar-refractivity contribution is 5.46. The minimum atomic E-state index is 0.397. The lowest BCUT2D eigenvalue weighted by molar-refractivity contribution is 0.190. The van der Waals surface area contributed by atoms with Crippen molar-refractivity contribution in [3.63, 3.8) is 0 Å². The third kappa shape index (κ3) is 3.41. The van der Waals surface area contributed by atoms with E-state index in [0.29, 0.717) is 29.9 Å².